The first kappa shape index (κ1) is 25.9. The molecule has 0 aliphatic heterocycles. The second-order valence-corrected chi connectivity index (χ2v) is 11.4. The maximum Gasteiger partial charge on any atom is 0.0459 e. The molecule has 180 valence electrons. The topological polar surface area (TPSA) is 15.8 Å². The number of fused-ring (bicyclic) bond motifs is 3. The van der Waals surface area contributed by atoms with Crippen LogP contribution in [0.2, 0.25) is 0 Å². The zero-order valence-corrected chi connectivity index (χ0v) is 22.4. The maximum atomic E-state index is 3.71. The van der Waals surface area contributed by atoms with Crippen molar-refractivity contribution >= 4 is 26.8 Å². The molecular formula is C30H48BrN. The van der Waals surface area contributed by atoms with Crippen LogP contribution in [0.4, 0.5) is 0 Å². The summed E-state index contributed by atoms with van der Waals surface area (Å²) in [6.07, 6.45) is 28.6. The van der Waals surface area contributed by atoms with Crippen LogP contribution < -0.4 is 0 Å². The third-order valence-electron chi connectivity index (χ3n) is 7.72. The van der Waals surface area contributed by atoms with E-state index in [1.165, 1.54) is 149 Å². The Morgan fingerprint density at radius 2 is 1.34 bits per heavy atom. The van der Waals surface area contributed by atoms with Gasteiger partial charge in [0.1, 0.15) is 0 Å². The third-order valence-corrected chi connectivity index (χ3v) is 8.21. The molecule has 32 heavy (non-hydrogen) atoms. The molecule has 1 heterocycles. The van der Waals surface area contributed by atoms with Crippen molar-refractivity contribution in [2.45, 2.75) is 135 Å². The highest BCUT2D eigenvalue weighted by molar-refractivity contribution is 9.10. The number of aromatic amines is 1. The molecule has 2 aromatic rings. The molecule has 3 rings (SSSR count). The first-order valence-corrected chi connectivity index (χ1v) is 14.9. The zero-order chi connectivity index (χ0) is 22.4. The molecule has 0 radical (unpaired) electrons. The van der Waals surface area contributed by atoms with Crippen molar-refractivity contribution in [2.24, 2.45) is 5.92 Å². The summed E-state index contributed by atoms with van der Waals surface area (Å²) in [7, 11) is 0. The molecule has 2 heteroatoms. The summed E-state index contributed by atoms with van der Waals surface area (Å²) in [5, 5.41) is 1.44. The molecule has 1 aliphatic carbocycles. The number of benzene rings is 1. The van der Waals surface area contributed by atoms with E-state index in [-0.39, 0.29) is 0 Å². The lowest BCUT2D eigenvalue weighted by Gasteiger charge is -2.22. The van der Waals surface area contributed by atoms with Crippen molar-refractivity contribution in [1.82, 2.24) is 4.98 Å². The smallest absolute Gasteiger partial charge is 0.0459 e. The molecule has 0 bridgehead atoms. The van der Waals surface area contributed by atoms with Gasteiger partial charge in [0.05, 0.1) is 0 Å². The summed E-state index contributed by atoms with van der Waals surface area (Å²) in [6.45, 7) is 2.30. The fourth-order valence-electron chi connectivity index (χ4n) is 5.70. The highest BCUT2D eigenvalue weighted by Gasteiger charge is 2.22. The predicted molar refractivity (Wildman–Crippen MR) is 146 cm³/mol. The van der Waals surface area contributed by atoms with Crippen molar-refractivity contribution in [3.8, 4) is 0 Å². The summed E-state index contributed by atoms with van der Waals surface area (Å²) < 4.78 is 1.20. The van der Waals surface area contributed by atoms with Crippen LogP contribution in [-0.4, -0.2) is 4.98 Å². The molecule has 0 amide bonds. The Morgan fingerprint density at radius 1 is 0.781 bits per heavy atom. The van der Waals surface area contributed by atoms with Gasteiger partial charge < -0.3 is 4.98 Å². The van der Waals surface area contributed by atoms with Gasteiger partial charge in [-0.15, -0.1) is 0 Å². The summed E-state index contributed by atoms with van der Waals surface area (Å²) >= 11 is 3.63. The fourth-order valence-corrected chi connectivity index (χ4v) is 6.06. The van der Waals surface area contributed by atoms with Crippen molar-refractivity contribution in [3.63, 3.8) is 0 Å². The summed E-state index contributed by atoms with van der Waals surface area (Å²) in [5.74, 6) is 0.894. The average molecular weight is 503 g/mol. The standard InChI is InChI=1S/C30H48BrN/c1-2-3-4-5-6-7-8-9-10-11-12-13-14-15-16-17-18-25-19-21-27-28-24-26(31)20-22-29(28)32-30(27)23-25/h20,22,24-25,32H,2-19,21,23H2,1H3. The second kappa shape index (κ2) is 15.2. The summed E-state index contributed by atoms with van der Waals surface area (Å²) in [6, 6.07) is 6.67. The van der Waals surface area contributed by atoms with Crippen LogP contribution in [0.15, 0.2) is 22.7 Å². The highest BCUT2D eigenvalue weighted by atomic mass is 79.9. The maximum absolute atomic E-state index is 3.71. The molecule has 0 saturated carbocycles. The normalized spacial score (nSPS) is 16.0. The van der Waals surface area contributed by atoms with Gasteiger partial charge in [-0.25, -0.2) is 0 Å². The third kappa shape index (κ3) is 8.88. The first-order valence-electron chi connectivity index (χ1n) is 14.1. The number of hydrogen-bond acceptors (Lipinski definition) is 0. The molecule has 0 fully saturated rings. The Morgan fingerprint density at radius 3 is 1.94 bits per heavy atom. The van der Waals surface area contributed by atoms with Gasteiger partial charge in [0.15, 0.2) is 0 Å². The van der Waals surface area contributed by atoms with Gasteiger partial charge in [-0.3, -0.25) is 0 Å². The van der Waals surface area contributed by atoms with Crippen molar-refractivity contribution in [1.29, 1.82) is 0 Å². The molecule has 1 aromatic heterocycles. The van der Waals surface area contributed by atoms with E-state index in [2.05, 4.69) is 46.0 Å². The lowest BCUT2D eigenvalue weighted by atomic mass is 9.84. The molecule has 1 N–H and O–H groups in total. The van der Waals surface area contributed by atoms with Crippen LogP contribution in [0.5, 0.6) is 0 Å². The Bertz CT molecular complexity index is 762. The number of hydrogen-bond donors (Lipinski definition) is 1. The number of aromatic nitrogens is 1. The number of H-pyrrole nitrogens is 1. The van der Waals surface area contributed by atoms with Gasteiger partial charge >= 0.3 is 0 Å². The van der Waals surface area contributed by atoms with Crippen LogP contribution in [0.1, 0.15) is 134 Å². The van der Waals surface area contributed by atoms with Crippen LogP contribution in [-0.2, 0) is 12.8 Å². The lowest BCUT2D eigenvalue weighted by molar-refractivity contribution is 0.401. The SMILES string of the molecule is CCCCCCCCCCCCCCCCCCC1CCc2c([nH]c3ccc(Br)cc23)C1. The van der Waals surface area contributed by atoms with Gasteiger partial charge in [0, 0.05) is 21.1 Å². The minimum absolute atomic E-state index is 0.894. The highest BCUT2D eigenvalue weighted by Crippen LogP contribution is 2.34. The van der Waals surface area contributed by atoms with Gasteiger partial charge in [0.25, 0.3) is 0 Å². The average Bonchev–Trinajstić information content (AvgIpc) is 3.15. The molecule has 1 nitrogen and oxygen atoms in total. The Labute approximate surface area is 206 Å². The van der Waals surface area contributed by atoms with Crippen LogP contribution in [0, 0.1) is 5.92 Å². The van der Waals surface area contributed by atoms with Crippen LogP contribution in [0.3, 0.4) is 0 Å². The van der Waals surface area contributed by atoms with E-state index in [0.717, 1.165) is 5.92 Å². The Hall–Kier alpha value is -0.760. The molecule has 1 aromatic carbocycles. The molecule has 1 unspecified atom stereocenters. The number of rotatable bonds is 17. The van der Waals surface area contributed by atoms with Gasteiger partial charge in [-0.1, -0.05) is 132 Å². The Balaban J connectivity index is 1.14. The van der Waals surface area contributed by atoms with E-state index in [1.807, 2.05) is 0 Å². The minimum Gasteiger partial charge on any atom is -0.358 e. The van der Waals surface area contributed by atoms with Gasteiger partial charge in [-0.2, -0.15) is 0 Å². The van der Waals surface area contributed by atoms with Crippen molar-refractivity contribution in [3.05, 3.63) is 33.9 Å². The van der Waals surface area contributed by atoms with E-state index in [1.54, 1.807) is 5.56 Å². The quantitative estimate of drug-likeness (QED) is 0.207. The van der Waals surface area contributed by atoms with Crippen LogP contribution in [0.25, 0.3) is 10.9 Å². The van der Waals surface area contributed by atoms with E-state index in [9.17, 15) is 0 Å². The number of nitrogens with one attached hydrogen (secondary N) is 1. The number of unbranched alkanes of at least 4 members (excludes halogenated alkanes) is 15. The zero-order valence-electron chi connectivity index (χ0n) is 20.8. The van der Waals surface area contributed by atoms with Gasteiger partial charge in [0.2, 0.25) is 0 Å². The summed E-state index contributed by atoms with van der Waals surface area (Å²) in [4.78, 5) is 3.71. The van der Waals surface area contributed by atoms with E-state index in [0.29, 0.717) is 0 Å². The number of aryl methyl sites for hydroxylation is 1. The van der Waals surface area contributed by atoms with Gasteiger partial charge in [-0.05, 0) is 48.9 Å². The van der Waals surface area contributed by atoms with E-state index >= 15 is 0 Å². The number of halogens is 1. The first-order chi connectivity index (χ1) is 15.8. The van der Waals surface area contributed by atoms with E-state index in [4.69, 9.17) is 0 Å². The fraction of sp³-hybridized carbons (Fsp3) is 0.733. The largest absolute Gasteiger partial charge is 0.358 e. The molecule has 1 aliphatic rings. The van der Waals surface area contributed by atoms with Crippen molar-refractivity contribution in [2.75, 3.05) is 0 Å². The Kier molecular flexibility index (Phi) is 12.3. The van der Waals surface area contributed by atoms with Crippen LogP contribution >= 0.6 is 15.9 Å². The minimum atomic E-state index is 0.894. The summed E-state index contributed by atoms with van der Waals surface area (Å²) in [5.41, 5.74) is 4.43. The van der Waals surface area contributed by atoms with E-state index < -0.39 is 0 Å². The lowest BCUT2D eigenvalue weighted by Crippen LogP contribution is -2.13. The molecule has 0 spiro atoms. The predicted octanol–water partition coefficient (Wildman–Crippen LogP) is 10.7. The monoisotopic (exact) mass is 501 g/mol. The molecular weight excluding hydrogens is 454 g/mol. The van der Waals surface area contributed by atoms with Crippen molar-refractivity contribution < 1.29 is 0 Å². The molecule has 0 saturated heterocycles. The second-order valence-electron chi connectivity index (χ2n) is 10.5. The molecule has 1 atom stereocenters.